The van der Waals surface area contributed by atoms with Gasteiger partial charge < -0.3 is 5.32 Å². The van der Waals surface area contributed by atoms with Crippen molar-refractivity contribution in [2.75, 3.05) is 11.1 Å². The quantitative estimate of drug-likeness (QED) is 0.156. The number of amides is 1. The van der Waals surface area contributed by atoms with Crippen molar-refractivity contribution >= 4 is 60.8 Å². The Hall–Kier alpha value is -3.27. The lowest BCUT2D eigenvalue weighted by Gasteiger charge is -2.08. The Morgan fingerprint density at radius 3 is 2.58 bits per heavy atom. The molecule has 0 saturated heterocycles. The molecule has 5 rings (SSSR count). The summed E-state index contributed by atoms with van der Waals surface area (Å²) in [5.41, 5.74) is 4.94. The van der Waals surface area contributed by atoms with Crippen molar-refractivity contribution < 1.29 is 4.79 Å². The molecule has 0 spiro atoms. The zero-order chi connectivity index (χ0) is 25.1. The molecule has 0 aliphatic carbocycles. The largest absolute Gasteiger partial charge is 0.325 e. The molecule has 1 amide bonds. The van der Waals surface area contributed by atoms with E-state index in [2.05, 4.69) is 63.1 Å². The molecule has 2 heterocycles. The lowest BCUT2D eigenvalue weighted by molar-refractivity contribution is -0.113. The maximum Gasteiger partial charge on any atom is 0.234 e. The van der Waals surface area contributed by atoms with Crippen molar-refractivity contribution in [3.05, 3.63) is 89.4 Å². The normalized spacial score (nSPS) is 11.1. The van der Waals surface area contributed by atoms with E-state index >= 15 is 0 Å². The fraction of sp³-hybridized carbons (Fsp3) is 0.111. The third-order valence-electron chi connectivity index (χ3n) is 5.42. The Morgan fingerprint density at radius 1 is 1.08 bits per heavy atom. The maximum atomic E-state index is 12.6. The fourth-order valence-corrected chi connectivity index (χ4v) is 5.76. The van der Waals surface area contributed by atoms with Gasteiger partial charge in [0.15, 0.2) is 11.0 Å². The van der Waals surface area contributed by atoms with Gasteiger partial charge in [-0.2, -0.15) is 0 Å². The van der Waals surface area contributed by atoms with Crippen LogP contribution in [0.4, 0.5) is 5.69 Å². The van der Waals surface area contributed by atoms with Crippen LogP contribution in [0.5, 0.6) is 0 Å². The van der Waals surface area contributed by atoms with Crippen LogP contribution < -0.4 is 5.32 Å². The molecule has 36 heavy (non-hydrogen) atoms. The number of anilines is 1. The highest BCUT2D eigenvalue weighted by Gasteiger charge is 2.15. The summed E-state index contributed by atoms with van der Waals surface area (Å²) in [5, 5.41) is 13.3. The summed E-state index contributed by atoms with van der Waals surface area (Å²) in [4.78, 5) is 17.4. The molecule has 0 aliphatic rings. The summed E-state index contributed by atoms with van der Waals surface area (Å²) >= 11 is 6.47. The summed E-state index contributed by atoms with van der Waals surface area (Å²) < 4.78 is 4.13. The SMILES string of the molecule is C=CCn1c(SCC(=O)Nc2ccc(-c3nc4ccc(C)cc4s3)cc2)nnc1-c1ccc(Br)cc1. The minimum absolute atomic E-state index is 0.110. The zero-order valence-electron chi connectivity index (χ0n) is 19.4. The first kappa shape index (κ1) is 24.4. The highest BCUT2D eigenvalue weighted by Crippen LogP contribution is 2.31. The first-order valence-electron chi connectivity index (χ1n) is 11.2. The second-order valence-corrected chi connectivity index (χ2v) is 11.0. The van der Waals surface area contributed by atoms with E-state index in [1.807, 2.05) is 53.1 Å². The smallest absolute Gasteiger partial charge is 0.234 e. The van der Waals surface area contributed by atoms with Gasteiger partial charge in [-0.15, -0.1) is 28.1 Å². The topological polar surface area (TPSA) is 72.7 Å². The number of allylic oxidation sites excluding steroid dienone is 1. The molecule has 2 aromatic heterocycles. The number of carbonyl (C=O) groups excluding carboxylic acids is 1. The number of thiazole rings is 1. The number of rotatable bonds is 8. The molecule has 0 aliphatic heterocycles. The van der Waals surface area contributed by atoms with Gasteiger partial charge in [0.1, 0.15) is 5.01 Å². The van der Waals surface area contributed by atoms with Crippen molar-refractivity contribution in [2.24, 2.45) is 0 Å². The fourth-order valence-electron chi connectivity index (χ4n) is 3.68. The molecule has 0 fully saturated rings. The van der Waals surface area contributed by atoms with Crippen LogP contribution in [0, 0.1) is 6.92 Å². The van der Waals surface area contributed by atoms with E-state index in [0.717, 1.165) is 37.6 Å². The number of benzene rings is 3. The van der Waals surface area contributed by atoms with E-state index in [1.165, 1.54) is 22.0 Å². The second kappa shape index (κ2) is 10.8. The van der Waals surface area contributed by atoms with Crippen molar-refractivity contribution in [3.63, 3.8) is 0 Å². The number of nitrogens with zero attached hydrogens (tertiary/aromatic N) is 4. The average molecular weight is 577 g/mol. The van der Waals surface area contributed by atoms with E-state index in [-0.39, 0.29) is 11.7 Å². The van der Waals surface area contributed by atoms with Gasteiger partial charge in [0, 0.05) is 27.8 Å². The lowest BCUT2D eigenvalue weighted by Crippen LogP contribution is -2.14. The number of hydrogen-bond donors (Lipinski definition) is 1. The zero-order valence-corrected chi connectivity index (χ0v) is 22.7. The molecule has 0 unspecified atom stereocenters. The van der Waals surface area contributed by atoms with Gasteiger partial charge in [0.2, 0.25) is 5.91 Å². The highest BCUT2D eigenvalue weighted by atomic mass is 79.9. The van der Waals surface area contributed by atoms with Crippen LogP contribution in [0.25, 0.3) is 32.2 Å². The first-order chi connectivity index (χ1) is 17.5. The van der Waals surface area contributed by atoms with Crippen LogP contribution in [0.15, 0.2) is 89.0 Å². The molecule has 6 nitrogen and oxygen atoms in total. The maximum absolute atomic E-state index is 12.6. The van der Waals surface area contributed by atoms with Gasteiger partial charge in [-0.3, -0.25) is 9.36 Å². The molecule has 180 valence electrons. The summed E-state index contributed by atoms with van der Waals surface area (Å²) in [6, 6.07) is 21.9. The Bertz CT molecular complexity index is 1540. The molecule has 0 bridgehead atoms. The predicted octanol–water partition coefficient (Wildman–Crippen LogP) is 7.21. The van der Waals surface area contributed by atoms with Crippen molar-refractivity contribution in [3.8, 4) is 22.0 Å². The van der Waals surface area contributed by atoms with Crippen molar-refractivity contribution in [2.45, 2.75) is 18.6 Å². The molecule has 5 aromatic rings. The number of aryl methyl sites for hydroxylation is 1. The molecule has 9 heteroatoms. The molecule has 0 saturated carbocycles. The summed E-state index contributed by atoms with van der Waals surface area (Å²) in [5.74, 6) is 0.849. The molecular formula is C27H22BrN5OS2. The highest BCUT2D eigenvalue weighted by molar-refractivity contribution is 9.10. The number of nitrogens with one attached hydrogen (secondary N) is 1. The summed E-state index contributed by atoms with van der Waals surface area (Å²) in [6.07, 6.45) is 1.80. The molecule has 1 N–H and O–H groups in total. The van der Waals surface area contributed by atoms with Crippen LogP contribution in [0.1, 0.15) is 5.56 Å². The number of fused-ring (bicyclic) bond motifs is 1. The molecule has 0 radical (unpaired) electrons. The minimum atomic E-state index is -0.110. The van der Waals surface area contributed by atoms with Crippen molar-refractivity contribution in [1.29, 1.82) is 0 Å². The molecule has 0 atom stereocenters. The third kappa shape index (κ3) is 5.43. The number of hydrogen-bond acceptors (Lipinski definition) is 6. The van der Waals surface area contributed by atoms with E-state index in [1.54, 1.807) is 17.4 Å². The first-order valence-corrected chi connectivity index (χ1v) is 13.8. The standard InChI is InChI=1S/C27H22BrN5OS2/c1-3-14-33-25(18-5-9-20(28)10-6-18)31-32-27(33)35-16-24(34)29-21-11-7-19(8-12-21)26-30-22-13-4-17(2)15-23(22)36-26/h3-13,15H,1,14,16H2,2H3,(H,29,34). The Morgan fingerprint density at radius 2 is 1.83 bits per heavy atom. The van der Waals surface area contributed by atoms with Gasteiger partial charge >= 0.3 is 0 Å². The van der Waals surface area contributed by atoms with E-state index in [9.17, 15) is 4.79 Å². The minimum Gasteiger partial charge on any atom is -0.325 e. The number of aromatic nitrogens is 4. The van der Waals surface area contributed by atoms with Gasteiger partial charge in [0.25, 0.3) is 0 Å². The number of halogens is 1. The van der Waals surface area contributed by atoms with Gasteiger partial charge in [-0.25, -0.2) is 4.98 Å². The monoisotopic (exact) mass is 575 g/mol. The Kier molecular flexibility index (Phi) is 7.31. The van der Waals surface area contributed by atoms with E-state index in [0.29, 0.717) is 11.7 Å². The van der Waals surface area contributed by atoms with Crippen LogP contribution >= 0.6 is 39.0 Å². The Balaban J connectivity index is 1.24. The van der Waals surface area contributed by atoms with Crippen LogP contribution in [0.2, 0.25) is 0 Å². The number of carbonyl (C=O) groups is 1. The van der Waals surface area contributed by atoms with E-state index < -0.39 is 0 Å². The predicted molar refractivity (Wildman–Crippen MR) is 153 cm³/mol. The van der Waals surface area contributed by atoms with Gasteiger partial charge in [0.05, 0.1) is 16.0 Å². The number of thioether (sulfide) groups is 1. The molecule has 3 aromatic carbocycles. The van der Waals surface area contributed by atoms with Crippen LogP contribution in [-0.2, 0) is 11.3 Å². The Labute approximate surface area is 225 Å². The molecular weight excluding hydrogens is 554 g/mol. The second-order valence-electron chi connectivity index (χ2n) is 8.12. The van der Waals surface area contributed by atoms with Gasteiger partial charge in [-0.1, -0.05) is 52.0 Å². The van der Waals surface area contributed by atoms with Crippen LogP contribution in [0.3, 0.4) is 0 Å². The summed E-state index contributed by atoms with van der Waals surface area (Å²) in [7, 11) is 0. The van der Waals surface area contributed by atoms with Gasteiger partial charge in [-0.05, 0) is 61.0 Å². The third-order valence-corrected chi connectivity index (χ3v) is 7.99. The summed E-state index contributed by atoms with van der Waals surface area (Å²) in [6.45, 7) is 6.48. The lowest BCUT2D eigenvalue weighted by atomic mass is 10.2. The average Bonchev–Trinajstić information content (AvgIpc) is 3.48. The van der Waals surface area contributed by atoms with Crippen LogP contribution in [-0.4, -0.2) is 31.4 Å². The van der Waals surface area contributed by atoms with E-state index in [4.69, 9.17) is 4.98 Å². The van der Waals surface area contributed by atoms with Crippen molar-refractivity contribution in [1.82, 2.24) is 19.7 Å².